The van der Waals surface area contributed by atoms with Gasteiger partial charge in [-0.3, -0.25) is 16.0 Å². The zero-order valence-electron chi connectivity index (χ0n) is 31.1. The van der Waals surface area contributed by atoms with Crippen molar-refractivity contribution in [3.05, 3.63) is 187 Å². The molecule has 0 amide bonds. The number of hydrogen-bond donors (Lipinski definition) is 3. The van der Waals surface area contributed by atoms with Gasteiger partial charge < -0.3 is 4.57 Å². The Kier molecular flexibility index (Phi) is 7.81. The van der Waals surface area contributed by atoms with Gasteiger partial charge in [0.2, 0.25) is 0 Å². The second kappa shape index (κ2) is 13.4. The molecular weight excluding hydrogens is 733 g/mol. The summed E-state index contributed by atoms with van der Waals surface area (Å²) in [6.07, 6.45) is 9.09. The Balaban J connectivity index is 1.02. The Morgan fingerprint density at radius 1 is 0.474 bits per heavy atom. The van der Waals surface area contributed by atoms with Gasteiger partial charge in [-0.1, -0.05) is 140 Å². The lowest BCUT2D eigenvalue weighted by molar-refractivity contribution is 0.225. The van der Waals surface area contributed by atoms with Crippen LogP contribution in [-0.2, 0) is 0 Å². The summed E-state index contributed by atoms with van der Waals surface area (Å²) in [5.41, 5.74) is 10.1. The fourth-order valence-corrected chi connectivity index (χ4v) is 12.0. The van der Waals surface area contributed by atoms with Crippen LogP contribution in [0.25, 0.3) is 79.0 Å². The van der Waals surface area contributed by atoms with Crippen LogP contribution >= 0.6 is 22.7 Å². The third-order valence-corrected chi connectivity index (χ3v) is 14.4. The van der Waals surface area contributed by atoms with Crippen LogP contribution in [0.3, 0.4) is 0 Å². The molecule has 2 aliphatic rings. The van der Waals surface area contributed by atoms with Gasteiger partial charge in [-0.15, -0.1) is 22.7 Å². The molecule has 274 valence electrons. The maximum Gasteiger partial charge on any atom is 0.0878 e. The molecule has 0 radical (unpaired) electrons. The first-order valence-corrected chi connectivity index (χ1v) is 21.5. The molecule has 3 atom stereocenters. The van der Waals surface area contributed by atoms with Gasteiger partial charge in [-0.25, -0.2) is 0 Å². The highest BCUT2D eigenvalue weighted by atomic mass is 32.1. The molecule has 0 spiro atoms. The number of rotatable bonds is 5. The lowest BCUT2D eigenvalue weighted by atomic mass is 9.96. The molecule has 1 aliphatic carbocycles. The van der Waals surface area contributed by atoms with E-state index >= 15 is 0 Å². The van der Waals surface area contributed by atoms with Gasteiger partial charge in [-0.05, 0) is 59.9 Å². The summed E-state index contributed by atoms with van der Waals surface area (Å²) >= 11 is 3.82. The van der Waals surface area contributed by atoms with Gasteiger partial charge in [0, 0.05) is 62.2 Å². The summed E-state index contributed by atoms with van der Waals surface area (Å²) in [4.78, 5) is 0. The van der Waals surface area contributed by atoms with Crippen molar-refractivity contribution < 1.29 is 0 Å². The standard InChI is InChI=1S/C51H38N4S2/c1-3-15-31(16-4-1)49-52-50(32-17-5-2-6-18-32)54-51(53-49)39-25-12-23-37-45-35(21-13-29-43(45)56-48(37)39)36-22-11-24-38-46-42(28-14-30-44(46)57-47(36)38)55-40-26-9-7-19-33(40)34-20-8-10-27-41(34)55/h1,3-5,7-30,49-54H,2,6H2. The van der Waals surface area contributed by atoms with Gasteiger partial charge in [0.25, 0.3) is 0 Å². The third-order valence-electron chi connectivity index (χ3n) is 12.0. The van der Waals surface area contributed by atoms with Crippen molar-refractivity contribution in [2.24, 2.45) is 0 Å². The minimum absolute atomic E-state index is 0.00292. The van der Waals surface area contributed by atoms with E-state index in [9.17, 15) is 0 Å². The Hall–Kier alpha value is -5.86. The third kappa shape index (κ3) is 5.29. The molecule has 0 bridgehead atoms. The highest BCUT2D eigenvalue weighted by Crippen LogP contribution is 2.48. The van der Waals surface area contributed by atoms with Crippen molar-refractivity contribution in [1.82, 2.24) is 20.5 Å². The number of nitrogens with zero attached hydrogens (tertiary/aromatic N) is 1. The summed E-state index contributed by atoms with van der Waals surface area (Å²) < 4.78 is 7.73. The topological polar surface area (TPSA) is 41.0 Å². The quantitative estimate of drug-likeness (QED) is 0.163. The molecule has 10 aromatic rings. The van der Waals surface area contributed by atoms with Crippen LogP contribution in [-0.4, -0.2) is 10.7 Å². The minimum atomic E-state index is -0.0526. The van der Waals surface area contributed by atoms with Gasteiger partial charge in [0.05, 0.1) is 35.2 Å². The molecule has 1 aliphatic heterocycles. The van der Waals surface area contributed by atoms with E-state index in [-0.39, 0.29) is 18.5 Å². The number of nitrogens with one attached hydrogen (secondary N) is 3. The number of aromatic nitrogens is 1. The first kappa shape index (κ1) is 33.3. The summed E-state index contributed by atoms with van der Waals surface area (Å²) in [6, 6.07) is 55.9. The predicted molar refractivity (Wildman–Crippen MR) is 244 cm³/mol. The number of allylic oxidation sites excluding steroid dienone is 2. The summed E-state index contributed by atoms with van der Waals surface area (Å²) in [7, 11) is 0. The van der Waals surface area contributed by atoms with E-state index in [1.54, 1.807) is 0 Å². The molecule has 1 fully saturated rings. The second-order valence-corrected chi connectivity index (χ2v) is 17.3. The summed E-state index contributed by atoms with van der Waals surface area (Å²) in [5, 5.41) is 19.6. The first-order valence-electron chi connectivity index (χ1n) is 19.9. The Bertz CT molecular complexity index is 3200. The molecule has 6 heteroatoms. The molecule has 4 heterocycles. The van der Waals surface area contributed by atoms with Crippen molar-refractivity contribution >= 4 is 84.8 Å². The summed E-state index contributed by atoms with van der Waals surface area (Å²) in [6.45, 7) is 0. The van der Waals surface area contributed by atoms with E-state index in [2.05, 4.69) is 190 Å². The van der Waals surface area contributed by atoms with E-state index in [4.69, 9.17) is 0 Å². The fourth-order valence-electron chi connectivity index (χ4n) is 9.43. The van der Waals surface area contributed by atoms with Gasteiger partial charge in [0.1, 0.15) is 0 Å². The van der Waals surface area contributed by atoms with Crippen molar-refractivity contribution in [1.29, 1.82) is 0 Å². The monoisotopic (exact) mass is 770 g/mol. The van der Waals surface area contributed by atoms with Crippen molar-refractivity contribution in [2.75, 3.05) is 0 Å². The largest absolute Gasteiger partial charge is 0.309 e. The van der Waals surface area contributed by atoms with E-state index < -0.39 is 0 Å². The fraction of sp³-hybridized carbons (Fsp3) is 0.0980. The van der Waals surface area contributed by atoms with E-state index in [1.165, 1.54) is 95.7 Å². The Morgan fingerprint density at radius 3 is 1.88 bits per heavy atom. The smallest absolute Gasteiger partial charge is 0.0878 e. The second-order valence-electron chi connectivity index (χ2n) is 15.2. The molecule has 1 saturated heterocycles. The van der Waals surface area contributed by atoms with Gasteiger partial charge in [-0.2, -0.15) is 0 Å². The van der Waals surface area contributed by atoms with Crippen LogP contribution in [0, 0.1) is 0 Å². The maximum atomic E-state index is 3.96. The average molecular weight is 771 g/mol. The van der Waals surface area contributed by atoms with Crippen LogP contribution in [0.15, 0.2) is 175 Å². The number of benzene rings is 7. The zero-order valence-corrected chi connectivity index (χ0v) is 32.7. The normalized spacial score (nSPS) is 18.7. The number of thiophene rings is 2. The van der Waals surface area contributed by atoms with Crippen LogP contribution in [0.4, 0.5) is 0 Å². The molecule has 4 nitrogen and oxygen atoms in total. The molecule has 0 saturated carbocycles. The predicted octanol–water partition coefficient (Wildman–Crippen LogP) is 13.3. The molecule has 7 aromatic carbocycles. The van der Waals surface area contributed by atoms with Crippen LogP contribution < -0.4 is 16.0 Å². The van der Waals surface area contributed by atoms with Gasteiger partial charge >= 0.3 is 0 Å². The zero-order chi connectivity index (χ0) is 37.5. The lowest BCUT2D eigenvalue weighted by Gasteiger charge is -2.40. The maximum absolute atomic E-state index is 3.96. The highest BCUT2D eigenvalue weighted by Gasteiger charge is 2.32. The van der Waals surface area contributed by atoms with Crippen molar-refractivity contribution in [2.45, 2.75) is 31.3 Å². The van der Waals surface area contributed by atoms with Crippen molar-refractivity contribution in [3.63, 3.8) is 0 Å². The van der Waals surface area contributed by atoms with E-state index in [0.717, 1.165) is 12.8 Å². The van der Waals surface area contributed by atoms with E-state index in [1.807, 2.05) is 22.7 Å². The molecular formula is C51H38N4S2. The van der Waals surface area contributed by atoms with Crippen LogP contribution in [0.2, 0.25) is 0 Å². The molecule has 3 N–H and O–H groups in total. The van der Waals surface area contributed by atoms with Crippen LogP contribution in [0.5, 0.6) is 0 Å². The average Bonchev–Trinajstić information content (AvgIpc) is 3.97. The summed E-state index contributed by atoms with van der Waals surface area (Å²) in [5.74, 6) is 0. The minimum Gasteiger partial charge on any atom is -0.309 e. The lowest BCUT2D eigenvalue weighted by Crippen LogP contribution is -2.59. The molecule has 12 rings (SSSR count). The Morgan fingerprint density at radius 2 is 1.09 bits per heavy atom. The SMILES string of the molecule is C1=CC(C2NC(c3ccccc3)NC(c3cccc4c3sc3cccc(-c5cccc6c5sc5cccc(-n7c8ccccc8c8ccccc87)c56)c34)N2)=CCC1. The Labute approximate surface area is 338 Å². The van der Waals surface area contributed by atoms with Crippen molar-refractivity contribution in [3.8, 4) is 16.8 Å². The molecule has 57 heavy (non-hydrogen) atoms. The number of hydrogen-bond acceptors (Lipinski definition) is 5. The van der Waals surface area contributed by atoms with E-state index in [0.29, 0.717) is 0 Å². The van der Waals surface area contributed by atoms with Crippen LogP contribution in [0.1, 0.15) is 36.3 Å². The number of fused-ring (bicyclic) bond motifs is 9. The molecule has 3 aromatic heterocycles. The first-order chi connectivity index (χ1) is 28.3. The highest BCUT2D eigenvalue weighted by molar-refractivity contribution is 7.27. The number of para-hydroxylation sites is 2. The molecule has 3 unspecified atom stereocenters. The van der Waals surface area contributed by atoms with Gasteiger partial charge in [0.15, 0.2) is 0 Å².